The van der Waals surface area contributed by atoms with E-state index in [4.69, 9.17) is 5.11 Å². The van der Waals surface area contributed by atoms with Gasteiger partial charge in [0.1, 0.15) is 6.04 Å². The van der Waals surface area contributed by atoms with Crippen LogP contribution in [0.3, 0.4) is 0 Å². The van der Waals surface area contributed by atoms with Crippen molar-refractivity contribution >= 4 is 24.5 Å². The molecule has 0 spiro atoms. The molecule has 1 atom stereocenters. The van der Waals surface area contributed by atoms with Crippen LogP contribution < -0.4 is 0 Å². The van der Waals surface area contributed by atoms with Crippen molar-refractivity contribution in [3.05, 3.63) is 0 Å². The van der Waals surface area contributed by atoms with Gasteiger partial charge in [0.2, 0.25) is 5.91 Å². The molecule has 0 saturated carbocycles. The van der Waals surface area contributed by atoms with Gasteiger partial charge in [-0.2, -0.15) is 12.6 Å². The largest absolute Gasteiger partial charge is 0.480 e. The van der Waals surface area contributed by atoms with Crippen LogP contribution in [0.25, 0.3) is 0 Å². The van der Waals surface area contributed by atoms with E-state index in [9.17, 15) is 9.59 Å². The van der Waals surface area contributed by atoms with Crippen LogP contribution in [0.5, 0.6) is 0 Å². The predicted octanol–water partition coefficient (Wildman–Crippen LogP) is 0.628. The molecule has 0 aliphatic heterocycles. The molecule has 0 aliphatic carbocycles. The summed E-state index contributed by atoms with van der Waals surface area (Å²) < 4.78 is 0. The maximum atomic E-state index is 11.3. The quantitative estimate of drug-likeness (QED) is 0.647. The van der Waals surface area contributed by atoms with E-state index < -0.39 is 12.0 Å². The molecule has 4 nitrogen and oxygen atoms in total. The molecule has 1 N–H and O–H groups in total. The molecule has 0 aromatic heterocycles. The van der Waals surface area contributed by atoms with E-state index in [-0.39, 0.29) is 12.3 Å². The lowest BCUT2D eigenvalue weighted by atomic mass is 10.2. The number of amides is 1. The number of likely N-dealkylation sites (N-methyl/N-ethyl adjacent to an activating group) is 1. The van der Waals surface area contributed by atoms with Crippen LogP contribution in [0.2, 0.25) is 0 Å². The van der Waals surface area contributed by atoms with E-state index in [1.807, 2.05) is 0 Å². The number of hydrogen-bond acceptors (Lipinski definition) is 3. The highest BCUT2D eigenvalue weighted by atomic mass is 32.1. The highest BCUT2D eigenvalue weighted by Gasteiger charge is 2.23. The molecule has 0 aromatic carbocycles. The molecular weight excluding hydrogens is 190 g/mol. The van der Waals surface area contributed by atoms with Gasteiger partial charge < -0.3 is 10.0 Å². The average molecular weight is 205 g/mol. The zero-order chi connectivity index (χ0) is 10.4. The van der Waals surface area contributed by atoms with Crippen molar-refractivity contribution in [1.82, 2.24) is 4.90 Å². The SMILES string of the molecule is CC[C@@H](C(=O)O)N(C)C(=O)CCS. The summed E-state index contributed by atoms with van der Waals surface area (Å²) in [6.45, 7) is 1.74. The standard InChI is InChI=1S/C8H15NO3S/c1-3-6(8(11)12)9(2)7(10)4-5-13/h6,13H,3-5H2,1-2H3,(H,11,12)/t6-/m0/s1. The van der Waals surface area contributed by atoms with Gasteiger partial charge in [0.25, 0.3) is 0 Å². The fourth-order valence-corrected chi connectivity index (χ4v) is 1.25. The molecule has 76 valence electrons. The van der Waals surface area contributed by atoms with E-state index >= 15 is 0 Å². The van der Waals surface area contributed by atoms with Crippen LogP contribution in [-0.4, -0.2) is 40.7 Å². The third-order valence-corrected chi connectivity index (χ3v) is 2.08. The number of rotatable bonds is 5. The van der Waals surface area contributed by atoms with Gasteiger partial charge in [0.05, 0.1) is 0 Å². The van der Waals surface area contributed by atoms with Crippen molar-refractivity contribution in [2.24, 2.45) is 0 Å². The lowest BCUT2D eigenvalue weighted by Gasteiger charge is -2.23. The van der Waals surface area contributed by atoms with Crippen LogP contribution >= 0.6 is 12.6 Å². The molecule has 0 bridgehead atoms. The van der Waals surface area contributed by atoms with E-state index in [2.05, 4.69) is 12.6 Å². The number of carbonyl (C=O) groups excluding carboxylic acids is 1. The summed E-state index contributed by atoms with van der Waals surface area (Å²) in [4.78, 5) is 23.2. The third-order valence-electron chi connectivity index (χ3n) is 1.86. The van der Waals surface area contributed by atoms with Crippen molar-refractivity contribution < 1.29 is 14.7 Å². The number of aliphatic carboxylic acids is 1. The summed E-state index contributed by atoms with van der Waals surface area (Å²) in [5.41, 5.74) is 0. The summed E-state index contributed by atoms with van der Waals surface area (Å²) >= 11 is 3.91. The number of hydrogen-bond donors (Lipinski definition) is 2. The lowest BCUT2D eigenvalue weighted by Crippen LogP contribution is -2.42. The minimum Gasteiger partial charge on any atom is -0.480 e. The van der Waals surface area contributed by atoms with E-state index in [1.165, 1.54) is 11.9 Å². The molecule has 0 radical (unpaired) electrons. The molecule has 5 heteroatoms. The third kappa shape index (κ3) is 3.67. The Morgan fingerprint density at radius 1 is 1.54 bits per heavy atom. The van der Waals surface area contributed by atoms with Crippen molar-refractivity contribution in [2.75, 3.05) is 12.8 Å². The summed E-state index contributed by atoms with van der Waals surface area (Å²) in [7, 11) is 1.51. The molecule has 1 amide bonds. The summed E-state index contributed by atoms with van der Waals surface area (Å²) in [5, 5.41) is 8.75. The molecule has 0 saturated heterocycles. The highest BCUT2D eigenvalue weighted by Crippen LogP contribution is 2.04. The number of nitrogens with zero attached hydrogens (tertiary/aromatic N) is 1. The molecule has 0 aliphatic rings. The second-order valence-corrected chi connectivity index (χ2v) is 3.19. The van der Waals surface area contributed by atoms with E-state index in [0.717, 1.165) is 0 Å². The molecular formula is C8H15NO3S. The second-order valence-electron chi connectivity index (χ2n) is 2.74. The average Bonchev–Trinajstić information content (AvgIpc) is 2.05. The summed E-state index contributed by atoms with van der Waals surface area (Å²) in [6.07, 6.45) is 0.702. The van der Waals surface area contributed by atoms with Gasteiger partial charge in [-0.1, -0.05) is 6.92 Å². The maximum absolute atomic E-state index is 11.3. The minimum atomic E-state index is -0.961. The predicted molar refractivity (Wildman–Crippen MR) is 53.0 cm³/mol. The Morgan fingerprint density at radius 3 is 2.38 bits per heavy atom. The Hall–Kier alpha value is -0.710. The van der Waals surface area contributed by atoms with Crippen LogP contribution in [0.1, 0.15) is 19.8 Å². The van der Waals surface area contributed by atoms with Crippen LogP contribution in [0.15, 0.2) is 0 Å². The van der Waals surface area contributed by atoms with Crippen LogP contribution in [0, 0.1) is 0 Å². The van der Waals surface area contributed by atoms with Crippen molar-refractivity contribution in [2.45, 2.75) is 25.8 Å². The Labute approximate surface area is 83.3 Å². The van der Waals surface area contributed by atoms with Crippen molar-refractivity contribution in [1.29, 1.82) is 0 Å². The Morgan fingerprint density at radius 2 is 2.08 bits per heavy atom. The van der Waals surface area contributed by atoms with Crippen LogP contribution in [-0.2, 0) is 9.59 Å². The number of carboxylic acid groups (broad SMARTS) is 1. The van der Waals surface area contributed by atoms with Gasteiger partial charge in [-0.05, 0) is 12.2 Å². The zero-order valence-electron chi connectivity index (χ0n) is 7.86. The fourth-order valence-electron chi connectivity index (χ4n) is 1.06. The molecule has 0 aromatic rings. The molecule has 0 fully saturated rings. The summed E-state index contributed by atoms with van der Waals surface area (Å²) in [6, 6.07) is -0.715. The highest BCUT2D eigenvalue weighted by molar-refractivity contribution is 7.80. The Kier molecular flexibility index (Phi) is 5.53. The Balaban J connectivity index is 4.27. The van der Waals surface area contributed by atoms with E-state index in [1.54, 1.807) is 6.92 Å². The van der Waals surface area contributed by atoms with Crippen LogP contribution in [0.4, 0.5) is 0 Å². The number of carboxylic acids is 1. The van der Waals surface area contributed by atoms with Gasteiger partial charge in [0, 0.05) is 13.5 Å². The molecule has 0 rings (SSSR count). The fraction of sp³-hybridized carbons (Fsp3) is 0.750. The van der Waals surface area contributed by atoms with Gasteiger partial charge in [0.15, 0.2) is 0 Å². The smallest absolute Gasteiger partial charge is 0.326 e. The van der Waals surface area contributed by atoms with Gasteiger partial charge in [-0.3, -0.25) is 4.79 Å². The first-order chi connectivity index (χ1) is 6.04. The maximum Gasteiger partial charge on any atom is 0.326 e. The monoisotopic (exact) mass is 205 g/mol. The first-order valence-electron chi connectivity index (χ1n) is 4.13. The normalized spacial score (nSPS) is 12.2. The summed E-state index contributed by atoms with van der Waals surface area (Å²) in [5.74, 6) is -0.694. The zero-order valence-corrected chi connectivity index (χ0v) is 8.75. The Bertz CT molecular complexity index is 196. The topological polar surface area (TPSA) is 57.6 Å². The van der Waals surface area contributed by atoms with Gasteiger partial charge in [-0.25, -0.2) is 4.79 Å². The van der Waals surface area contributed by atoms with Crippen molar-refractivity contribution in [3.63, 3.8) is 0 Å². The first kappa shape index (κ1) is 12.3. The van der Waals surface area contributed by atoms with Gasteiger partial charge >= 0.3 is 5.97 Å². The van der Waals surface area contributed by atoms with Gasteiger partial charge in [-0.15, -0.1) is 0 Å². The van der Waals surface area contributed by atoms with Crippen molar-refractivity contribution in [3.8, 4) is 0 Å². The first-order valence-corrected chi connectivity index (χ1v) is 4.77. The minimum absolute atomic E-state index is 0.177. The van der Waals surface area contributed by atoms with E-state index in [0.29, 0.717) is 12.2 Å². The molecule has 0 unspecified atom stereocenters. The lowest BCUT2D eigenvalue weighted by molar-refractivity contribution is -0.149. The molecule has 0 heterocycles. The second kappa shape index (κ2) is 5.85. The number of thiol groups is 1. The number of carbonyl (C=O) groups is 2. The molecule has 13 heavy (non-hydrogen) atoms.